The molecule has 1 aromatic heterocycles. The van der Waals surface area contributed by atoms with E-state index in [-0.39, 0.29) is 5.92 Å². The Balaban J connectivity index is 2.09. The van der Waals surface area contributed by atoms with Gasteiger partial charge >= 0.3 is 0 Å². The quantitative estimate of drug-likeness (QED) is 0.784. The fourth-order valence-electron chi connectivity index (χ4n) is 2.43. The number of hydrogen-bond donors (Lipinski definition) is 0. The number of hydrogen-bond acceptors (Lipinski definition) is 4. The highest BCUT2D eigenvalue weighted by atomic mass is 35.5. The van der Waals surface area contributed by atoms with E-state index in [9.17, 15) is 0 Å². The Labute approximate surface area is 129 Å². The minimum Gasteiger partial charge on any atom is -0.490 e. The van der Waals surface area contributed by atoms with Gasteiger partial charge in [-0.3, -0.25) is 0 Å². The second kappa shape index (κ2) is 5.90. The van der Waals surface area contributed by atoms with Crippen molar-refractivity contribution >= 4 is 11.6 Å². The molecular weight excluding hydrogens is 288 g/mol. The molecule has 0 aliphatic carbocycles. The molecule has 0 radical (unpaired) electrons. The molecule has 0 N–H and O–H groups in total. The molecule has 4 nitrogen and oxygen atoms in total. The first kappa shape index (κ1) is 14.1. The average Bonchev–Trinajstić information content (AvgIpc) is 2.71. The summed E-state index contributed by atoms with van der Waals surface area (Å²) in [5, 5.41) is 0.502. The van der Waals surface area contributed by atoms with Crippen molar-refractivity contribution in [2.24, 2.45) is 0 Å². The minimum absolute atomic E-state index is 0.240. The van der Waals surface area contributed by atoms with Gasteiger partial charge in [0.25, 0.3) is 0 Å². The summed E-state index contributed by atoms with van der Waals surface area (Å²) in [6.07, 6.45) is 2.38. The monoisotopic (exact) mass is 304 g/mol. The molecule has 3 rings (SSSR count). The number of benzene rings is 1. The highest BCUT2D eigenvalue weighted by Gasteiger charge is 2.17. The van der Waals surface area contributed by atoms with Gasteiger partial charge < -0.3 is 9.47 Å². The molecule has 0 saturated carbocycles. The zero-order valence-electron chi connectivity index (χ0n) is 12.1. The Morgan fingerprint density at radius 3 is 2.62 bits per heavy atom. The van der Waals surface area contributed by atoms with Crippen LogP contribution < -0.4 is 9.47 Å². The van der Waals surface area contributed by atoms with Crippen LogP contribution in [0.1, 0.15) is 31.7 Å². The van der Waals surface area contributed by atoms with Gasteiger partial charge in [0.1, 0.15) is 11.5 Å². The van der Waals surface area contributed by atoms with E-state index >= 15 is 0 Å². The van der Waals surface area contributed by atoms with Gasteiger partial charge in [0.2, 0.25) is 0 Å². The molecule has 21 heavy (non-hydrogen) atoms. The molecule has 0 bridgehead atoms. The minimum atomic E-state index is 0.240. The maximum absolute atomic E-state index is 6.24. The van der Waals surface area contributed by atoms with Crippen LogP contribution in [0.4, 0.5) is 0 Å². The summed E-state index contributed by atoms with van der Waals surface area (Å²) in [5.41, 5.74) is 2.77. The van der Waals surface area contributed by atoms with E-state index < -0.39 is 0 Å². The number of fused-ring (bicyclic) bond motifs is 1. The highest BCUT2D eigenvalue weighted by Crippen LogP contribution is 2.37. The van der Waals surface area contributed by atoms with Crippen LogP contribution in [0, 0.1) is 0 Å². The third kappa shape index (κ3) is 2.81. The van der Waals surface area contributed by atoms with Gasteiger partial charge in [-0.1, -0.05) is 25.4 Å². The highest BCUT2D eigenvalue weighted by molar-refractivity contribution is 6.30. The van der Waals surface area contributed by atoms with Crippen molar-refractivity contribution in [1.82, 2.24) is 9.97 Å². The van der Waals surface area contributed by atoms with Gasteiger partial charge in [-0.05, 0) is 24.1 Å². The standard InChI is InChI=1S/C16H17ClN2O2/c1-10(2)14-15(18-9-19-16(14)17)11-4-5-12-13(8-11)21-7-3-6-20-12/h4-5,8-10H,3,6-7H2,1-2H3. The first-order valence-electron chi connectivity index (χ1n) is 7.07. The van der Waals surface area contributed by atoms with Crippen LogP contribution >= 0.6 is 11.6 Å². The third-order valence-corrected chi connectivity index (χ3v) is 3.73. The van der Waals surface area contributed by atoms with E-state index in [1.807, 2.05) is 18.2 Å². The van der Waals surface area contributed by atoms with E-state index in [0.717, 1.165) is 34.7 Å². The Bertz CT molecular complexity index is 659. The molecule has 0 fully saturated rings. The van der Waals surface area contributed by atoms with Crippen LogP contribution in [0.15, 0.2) is 24.5 Å². The van der Waals surface area contributed by atoms with E-state index in [1.165, 1.54) is 6.33 Å². The topological polar surface area (TPSA) is 44.2 Å². The van der Waals surface area contributed by atoms with E-state index in [2.05, 4.69) is 23.8 Å². The number of ether oxygens (including phenoxy) is 2. The molecule has 0 spiro atoms. The first-order valence-corrected chi connectivity index (χ1v) is 7.45. The van der Waals surface area contributed by atoms with Crippen molar-refractivity contribution in [1.29, 1.82) is 0 Å². The SMILES string of the molecule is CC(C)c1c(Cl)ncnc1-c1ccc2c(c1)OCCCO2. The molecule has 0 saturated heterocycles. The molecular formula is C16H17ClN2O2. The molecule has 110 valence electrons. The lowest BCUT2D eigenvalue weighted by Crippen LogP contribution is -1.99. The van der Waals surface area contributed by atoms with E-state index in [0.29, 0.717) is 18.4 Å². The molecule has 1 aliphatic heterocycles. The van der Waals surface area contributed by atoms with Gasteiger partial charge in [0.15, 0.2) is 11.5 Å². The smallest absolute Gasteiger partial charge is 0.161 e. The van der Waals surface area contributed by atoms with Crippen molar-refractivity contribution in [2.75, 3.05) is 13.2 Å². The molecule has 5 heteroatoms. The molecule has 0 unspecified atom stereocenters. The maximum atomic E-state index is 6.24. The van der Waals surface area contributed by atoms with Crippen molar-refractivity contribution in [3.05, 3.63) is 35.2 Å². The molecule has 2 heterocycles. The Kier molecular flexibility index (Phi) is 3.97. The zero-order chi connectivity index (χ0) is 14.8. The number of nitrogens with zero attached hydrogens (tertiary/aromatic N) is 2. The normalized spacial score (nSPS) is 14.1. The van der Waals surface area contributed by atoms with Crippen LogP contribution in [0.5, 0.6) is 11.5 Å². The van der Waals surface area contributed by atoms with Crippen molar-refractivity contribution < 1.29 is 9.47 Å². The fourth-order valence-corrected chi connectivity index (χ4v) is 2.78. The number of rotatable bonds is 2. The number of aromatic nitrogens is 2. The predicted molar refractivity (Wildman–Crippen MR) is 82.2 cm³/mol. The van der Waals surface area contributed by atoms with Gasteiger partial charge in [-0.25, -0.2) is 9.97 Å². The van der Waals surface area contributed by atoms with Crippen LogP contribution in [0.2, 0.25) is 5.15 Å². The van der Waals surface area contributed by atoms with Gasteiger partial charge in [0, 0.05) is 17.5 Å². The summed E-state index contributed by atoms with van der Waals surface area (Å²) in [5.74, 6) is 1.78. The van der Waals surface area contributed by atoms with Gasteiger partial charge in [0.05, 0.1) is 18.9 Å². The summed E-state index contributed by atoms with van der Waals surface area (Å²) in [4.78, 5) is 8.50. The maximum Gasteiger partial charge on any atom is 0.161 e. The van der Waals surface area contributed by atoms with E-state index in [1.54, 1.807) is 0 Å². The van der Waals surface area contributed by atoms with Crippen LogP contribution in [0.3, 0.4) is 0 Å². The average molecular weight is 305 g/mol. The van der Waals surface area contributed by atoms with Crippen molar-refractivity contribution in [2.45, 2.75) is 26.2 Å². The number of halogens is 1. The summed E-state index contributed by atoms with van der Waals surface area (Å²) in [6, 6.07) is 5.87. The Morgan fingerprint density at radius 2 is 1.86 bits per heavy atom. The Morgan fingerprint density at radius 1 is 1.10 bits per heavy atom. The second-order valence-electron chi connectivity index (χ2n) is 5.29. The van der Waals surface area contributed by atoms with Crippen LogP contribution in [0.25, 0.3) is 11.3 Å². The molecule has 2 aromatic rings. The lowest BCUT2D eigenvalue weighted by Gasteiger charge is -2.14. The molecule has 1 aromatic carbocycles. The largest absolute Gasteiger partial charge is 0.490 e. The summed E-state index contributed by atoms with van der Waals surface area (Å²) >= 11 is 6.24. The first-order chi connectivity index (χ1) is 10.2. The molecule has 1 aliphatic rings. The van der Waals surface area contributed by atoms with Gasteiger partial charge in [-0.15, -0.1) is 0 Å². The second-order valence-corrected chi connectivity index (χ2v) is 5.65. The summed E-state index contributed by atoms with van der Waals surface area (Å²) in [6.45, 7) is 5.51. The lowest BCUT2D eigenvalue weighted by atomic mass is 9.98. The van der Waals surface area contributed by atoms with Crippen LogP contribution in [-0.4, -0.2) is 23.2 Å². The summed E-state index contributed by atoms with van der Waals surface area (Å²) in [7, 11) is 0. The molecule has 0 atom stereocenters. The van der Waals surface area contributed by atoms with Crippen molar-refractivity contribution in [3.8, 4) is 22.8 Å². The third-order valence-electron chi connectivity index (χ3n) is 3.43. The molecule has 0 amide bonds. The summed E-state index contributed by atoms with van der Waals surface area (Å²) < 4.78 is 11.4. The van der Waals surface area contributed by atoms with Gasteiger partial charge in [-0.2, -0.15) is 0 Å². The van der Waals surface area contributed by atoms with Crippen molar-refractivity contribution in [3.63, 3.8) is 0 Å². The zero-order valence-corrected chi connectivity index (χ0v) is 12.9. The van der Waals surface area contributed by atoms with E-state index in [4.69, 9.17) is 21.1 Å². The fraction of sp³-hybridized carbons (Fsp3) is 0.375. The van der Waals surface area contributed by atoms with Crippen LogP contribution in [-0.2, 0) is 0 Å². The Hall–Kier alpha value is -1.81. The lowest BCUT2D eigenvalue weighted by molar-refractivity contribution is 0.297. The predicted octanol–water partition coefficient (Wildman–Crippen LogP) is 4.08.